The predicted molar refractivity (Wildman–Crippen MR) is 140 cm³/mol. The Kier molecular flexibility index (Phi) is 7.64. The fourth-order valence-corrected chi connectivity index (χ4v) is 4.69. The third-order valence-corrected chi connectivity index (χ3v) is 6.65. The van der Waals surface area contributed by atoms with E-state index in [1.165, 1.54) is 11.8 Å². The Bertz CT molecular complexity index is 1370. The average molecular weight is 484 g/mol. The van der Waals surface area contributed by atoms with E-state index in [-0.39, 0.29) is 11.7 Å². The van der Waals surface area contributed by atoms with E-state index in [4.69, 9.17) is 16.6 Å². The van der Waals surface area contributed by atoms with Crippen LogP contribution in [0.3, 0.4) is 0 Å². The first-order valence-electron chi connectivity index (χ1n) is 10.9. The quantitative estimate of drug-likeness (QED) is 0.281. The first-order valence-corrected chi connectivity index (χ1v) is 12.2. The van der Waals surface area contributed by atoms with Crippen molar-refractivity contribution in [3.8, 4) is 28.5 Å². The molecule has 0 aliphatic rings. The summed E-state index contributed by atoms with van der Waals surface area (Å²) in [5.41, 5.74) is 5.36. The molecule has 1 heterocycles. The van der Waals surface area contributed by atoms with Gasteiger partial charge in [0.05, 0.1) is 17.0 Å². The highest BCUT2D eigenvalue weighted by atomic mass is 35.5. The number of benzene rings is 3. The van der Waals surface area contributed by atoms with Gasteiger partial charge < -0.3 is 5.32 Å². The van der Waals surface area contributed by atoms with Gasteiger partial charge in [0.1, 0.15) is 11.1 Å². The van der Waals surface area contributed by atoms with Crippen LogP contribution in [0.2, 0.25) is 5.02 Å². The highest BCUT2D eigenvalue weighted by Crippen LogP contribution is 2.37. The Morgan fingerprint density at radius 2 is 1.71 bits per heavy atom. The summed E-state index contributed by atoms with van der Waals surface area (Å²) in [5.74, 6) is -0.0269. The number of rotatable bonds is 7. The summed E-state index contributed by atoms with van der Waals surface area (Å²) in [4.78, 5) is 17.5. The number of halogens is 1. The zero-order chi connectivity index (χ0) is 23.9. The van der Waals surface area contributed by atoms with Crippen LogP contribution in [0, 0.1) is 11.3 Å². The van der Waals surface area contributed by atoms with Crippen LogP contribution in [-0.2, 0) is 11.2 Å². The van der Waals surface area contributed by atoms with Crippen molar-refractivity contribution in [1.82, 2.24) is 4.98 Å². The van der Waals surface area contributed by atoms with E-state index in [0.29, 0.717) is 26.9 Å². The van der Waals surface area contributed by atoms with Gasteiger partial charge in [-0.2, -0.15) is 5.26 Å². The van der Waals surface area contributed by atoms with Crippen LogP contribution in [0.1, 0.15) is 18.1 Å². The number of aryl methyl sites for hydroxylation is 1. The molecule has 34 heavy (non-hydrogen) atoms. The van der Waals surface area contributed by atoms with Gasteiger partial charge >= 0.3 is 0 Å². The molecule has 0 unspecified atom stereocenters. The SMILES string of the molecule is CCc1ccccc1NC(=O)CSc1nc(-c2ccccc2)cc(-c2ccccc2Cl)c1C#N. The fourth-order valence-electron chi connectivity index (χ4n) is 3.65. The van der Waals surface area contributed by atoms with Crippen LogP contribution < -0.4 is 5.32 Å². The highest BCUT2D eigenvalue weighted by Gasteiger charge is 2.18. The Hall–Kier alpha value is -3.59. The number of para-hydroxylation sites is 1. The van der Waals surface area contributed by atoms with Crippen molar-refractivity contribution in [2.24, 2.45) is 0 Å². The summed E-state index contributed by atoms with van der Waals surface area (Å²) < 4.78 is 0. The molecule has 0 radical (unpaired) electrons. The van der Waals surface area contributed by atoms with Gasteiger partial charge in [0.15, 0.2) is 0 Å². The Morgan fingerprint density at radius 3 is 2.44 bits per heavy atom. The van der Waals surface area contributed by atoms with Gasteiger partial charge in [-0.05, 0) is 30.2 Å². The lowest BCUT2D eigenvalue weighted by atomic mass is 9.99. The molecule has 0 saturated heterocycles. The van der Waals surface area contributed by atoms with E-state index in [0.717, 1.165) is 28.8 Å². The maximum absolute atomic E-state index is 12.8. The Balaban J connectivity index is 1.70. The second-order valence-electron chi connectivity index (χ2n) is 7.54. The van der Waals surface area contributed by atoms with Crippen molar-refractivity contribution in [2.75, 3.05) is 11.1 Å². The fraction of sp³-hybridized carbons (Fsp3) is 0.107. The number of pyridine rings is 1. The summed E-state index contributed by atoms with van der Waals surface area (Å²) in [6.45, 7) is 2.05. The van der Waals surface area contributed by atoms with Crippen LogP contribution in [0.15, 0.2) is 90.0 Å². The molecule has 4 nitrogen and oxygen atoms in total. The van der Waals surface area contributed by atoms with Gasteiger partial charge in [-0.25, -0.2) is 4.98 Å². The maximum atomic E-state index is 12.8. The third-order valence-electron chi connectivity index (χ3n) is 5.34. The molecule has 3 aromatic carbocycles. The predicted octanol–water partition coefficient (Wildman–Crippen LogP) is 7.23. The van der Waals surface area contributed by atoms with Gasteiger partial charge in [-0.3, -0.25) is 4.79 Å². The lowest BCUT2D eigenvalue weighted by Crippen LogP contribution is -2.15. The molecule has 1 N–H and O–H groups in total. The zero-order valence-corrected chi connectivity index (χ0v) is 20.2. The topological polar surface area (TPSA) is 65.8 Å². The average Bonchev–Trinajstić information content (AvgIpc) is 2.88. The Labute approximate surface area is 208 Å². The normalized spacial score (nSPS) is 10.5. The number of anilines is 1. The number of carbonyl (C=O) groups is 1. The van der Waals surface area contributed by atoms with Crippen LogP contribution in [0.4, 0.5) is 5.69 Å². The number of hydrogen-bond acceptors (Lipinski definition) is 4. The number of carbonyl (C=O) groups excluding carboxylic acids is 1. The lowest BCUT2D eigenvalue weighted by Gasteiger charge is -2.14. The van der Waals surface area contributed by atoms with E-state index in [9.17, 15) is 10.1 Å². The van der Waals surface area contributed by atoms with Gasteiger partial charge in [0.2, 0.25) is 5.91 Å². The molecule has 0 aliphatic heterocycles. The van der Waals surface area contributed by atoms with E-state index < -0.39 is 0 Å². The van der Waals surface area contributed by atoms with Crippen molar-refractivity contribution < 1.29 is 4.79 Å². The van der Waals surface area contributed by atoms with Crippen LogP contribution in [-0.4, -0.2) is 16.6 Å². The van der Waals surface area contributed by atoms with Crippen LogP contribution in [0.25, 0.3) is 22.4 Å². The standard InChI is InChI=1S/C28H22ClN3OS/c1-2-19-10-6-9-15-25(19)31-27(33)18-34-28-23(17-30)22(21-13-7-8-14-24(21)29)16-26(32-28)20-11-4-3-5-12-20/h3-16H,2,18H2,1H3,(H,31,33). The Morgan fingerprint density at radius 1 is 1.00 bits per heavy atom. The van der Waals surface area contributed by atoms with Gasteiger partial charge in [0, 0.05) is 27.4 Å². The summed E-state index contributed by atoms with van der Waals surface area (Å²) in [6, 6.07) is 29.1. The monoisotopic (exact) mass is 483 g/mol. The molecule has 0 aliphatic carbocycles. The maximum Gasteiger partial charge on any atom is 0.234 e. The van der Waals surface area contributed by atoms with E-state index in [1.54, 1.807) is 6.07 Å². The molecule has 4 rings (SSSR count). The number of hydrogen-bond donors (Lipinski definition) is 1. The molecule has 1 aromatic heterocycles. The van der Waals surface area contributed by atoms with Crippen LogP contribution >= 0.6 is 23.4 Å². The second kappa shape index (κ2) is 11.0. The minimum absolute atomic E-state index is 0.125. The number of amides is 1. The summed E-state index contributed by atoms with van der Waals surface area (Å²) in [6.07, 6.45) is 0.823. The third kappa shape index (κ3) is 5.31. The van der Waals surface area contributed by atoms with Crippen molar-refractivity contribution in [2.45, 2.75) is 18.4 Å². The molecular formula is C28H22ClN3OS. The second-order valence-corrected chi connectivity index (χ2v) is 8.91. The molecule has 168 valence electrons. The van der Waals surface area contributed by atoms with E-state index in [2.05, 4.69) is 11.4 Å². The lowest BCUT2D eigenvalue weighted by molar-refractivity contribution is -0.113. The van der Waals surface area contributed by atoms with Crippen LogP contribution in [0.5, 0.6) is 0 Å². The number of nitriles is 1. The van der Waals surface area contributed by atoms with Crippen molar-refractivity contribution in [3.05, 3.63) is 101 Å². The first kappa shape index (κ1) is 23.6. The molecule has 0 bridgehead atoms. The molecule has 4 aromatic rings. The molecule has 0 atom stereocenters. The molecule has 1 amide bonds. The molecule has 0 saturated carbocycles. The first-order chi connectivity index (χ1) is 16.6. The van der Waals surface area contributed by atoms with E-state index in [1.807, 2.05) is 85.8 Å². The highest BCUT2D eigenvalue weighted by molar-refractivity contribution is 8.00. The molecule has 0 spiro atoms. The number of aromatic nitrogens is 1. The number of thioether (sulfide) groups is 1. The molecule has 6 heteroatoms. The van der Waals surface area contributed by atoms with E-state index >= 15 is 0 Å². The van der Waals surface area contributed by atoms with Gasteiger partial charge in [-0.15, -0.1) is 0 Å². The smallest absolute Gasteiger partial charge is 0.234 e. The van der Waals surface area contributed by atoms with Crippen molar-refractivity contribution >= 4 is 35.0 Å². The van der Waals surface area contributed by atoms with Gasteiger partial charge in [0.25, 0.3) is 0 Å². The largest absolute Gasteiger partial charge is 0.325 e. The summed E-state index contributed by atoms with van der Waals surface area (Å²) in [7, 11) is 0. The zero-order valence-electron chi connectivity index (χ0n) is 18.6. The number of nitrogens with one attached hydrogen (secondary N) is 1. The summed E-state index contributed by atoms with van der Waals surface area (Å²) in [5, 5.41) is 14.1. The van der Waals surface area contributed by atoms with Crippen molar-refractivity contribution in [3.63, 3.8) is 0 Å². The summed E-state index contributed by atoms with van der Waals surface area (Å²) >= 11 is 7.73. The van der Waals surface area contributed by atoms with Crippen molar-refractivity contribution in [1.29, 1.82) is 5.26 Å². The molecule has 0 fully saturated rings. The molecular weight excluding hydrogens is 462 g/mol. The van der Waals surface area contributed by atoms with Gasteiger partial charge in [-0.1, -0.05) is 97.0 Å². The number of nitrogens with zero attached hydrogens (tertiary/aromatic N) is 2. The minimum Gasteiger partial charge on any atom is -0.325 e. The minimum atomic E-state index is -0.152.